The number of hydrogen-bond donors (Lipinski definition) is 2. The highest BCUT2D eigenvalue weighted by molar-refractivity contribution is 6.07. The van der Waals surface area contributed by atoms with E-state index >= 15 is 0 Å². The highest BCUT2D eigenvalue weighted by Crippen LogP contribution is 2.32. The monoisotopic (exact) mass is 540 g/mol. The quantitative estimate of drug-likeness (QED) is 0.226. The molecule has 2 N–H and O–H groups in total. The van der Waals surface area contributed by atoms with Gasteiger partial charge in [0, 0.05) is 23.2 Å². The molecule has 7 heteroatoms. The lowest BCUT2D eigenvalue weighted by atomic mass is 9.98. The van der Waals surface area contributed by atoms with E-state index in [1.54, 1.807) is 30.5 Å². The zero-order valence-corrected chi connectivity index (χ0v) is 22.7. The Morgan fingerprint density at radius 1 is 0.780 bits per heavy atom. The number of benzene rings is 4. The Labute approximate surface area is 237 Å². The number of carboxylic acid groups (broad SMARTS) is 1. The van der Waals surface area contributed by atoms with Crippen molar-refractivity contribution in [3.63, 3.8) is 0 Å². The van der Waals surface area contributed by atoms with Crippen LogP contribution in [0, 0.1) is 0 Å². The maximum absolute atomic E-state index is 13.9. The third-order valence-corrected chi connectivity index (χ3v) is 7.56. The SMILES string of the molecule is C[C@H](NC(=O)c1cc(-c2ccccc2)cc2cnn([C@@H](C)c3ccc4ccncc4c3)c12)c1ccc(C(=O)O)cc1. The molecule has 0 aliphatic carbocycles. The standard InChI is InChI=1S/C34H28N4O3/c1-21(23-8-11-26(12-9-23)34(40)41)37-33(39)31-18-28(24-6-4-3-5-7-24)17-30-20-36-38(32(30)31)22(2)27-13-10-25-14-15-35-19-29(25)16-27/h3-22H,1-2H3,(H,37,39)(H,40,41)/t21-,22-/m0/s1. The minimum Gasteiger partial charge on any atom is -0.478 e. The van der Waals surface area contributed by atoms with E-state index in [1.165, 1.54) is 0 Å². The minimum absolute atomic E-state index is 0.146. The molecular weight excluding hydrogens is 512 g/mol. The van der Waals surface area contributed by atoms with Crippen molar-refractivity contribution in [2.45, 2.75) is 25.9 Å². The Morgan fingerprint density at radius 3 is 2.29 bits per heavy atom. The van der Waals surface area contributed by atoms with E-state index in [9.17, 15) is 14.7 Å². The lowest BCUT2D eigenvalue weighted by Gasteiger charge is -2.19. The van der Waals surface area contributed by atoms with Crippen molar-refractivity contribution in [1.29, 1.82) is 0 Å². The van der Waals surface area contributed by atoms with E-state index in [1.807, 2.05) is 66.5 Å². The fraction of sp³-hybridized carbons (Fsp3) is 0.118. The number of aromatic nitrogens is 3. The number of carbonyl (C=O) groups is 2. The number of fused-ring (bicyclic) bond motifs is 2. The van der Waals surface area contributed by atoms with Gasteiger partial charge in [0.25, 0.3) is 5.91 Å². The van der Waals surface area contributed by atoms with Crippen molar-refractivity contribution in [3.8, 4) is 11.1 Å². The van der Waals surface area contributed by atoms with Crippen LogP contribution in [-0.4, -0.2) is 31.7 Å². The van der Waals surface area contributed by atoms with E-state index < -0.39 is 5.97 Å². The molecule has 0 spiro atoms. The van der Waals surface area contributed by atoms with E-state index in [-0.39, 0.29) is 23.6 Å². The van der Waals surface area contributed by atoms with Crippen LogP contribution in [0.1, 0.15) is 57.8 Å². The molecule has 2 aromatic heterocycles. The molecule has 6 aromatic rings. The molecule has 41 heavy (non-hydrogen) atoms. The summed E-state index contributed by atoms with van der Waals surface area (Å²) in [7, 11) is 0. The molecule has 0 aliphatic heterocycles. The molecule has 6 rings (SSSR count). The Hall–Kier alpha value is -5.30. The summed E-state index contributed by atoms with van der Waals surface area (Å²) in [5.41, 5.74) is 5.25. The van der Waals surface area contributed by atoms with Crippen LogP contribution in [0.25, 0.3) is 32.8 Å². The number of hydrogen-bond acceptors (Lipinski definition) is 4. The van der Waals surface area contributed by atoms with Crippen molar-refractivity contribution in [1.82, 2.24) is 20.1 Å². The van der Waals surface area contributed by atoms with Gasteiger partial charge in [0.15, 0.2) is 0 Å². The first-order valence-electron chi connectivity index (χ1n) is 13.4. The van der Waals surface area contributed by atoms with E-state index in [0.717, 1.165) is 43.9 Å². The van der Waals surface area contributed by atoms with Gasteiger partial charge in [-0.2, -0.15) is 5.10 Å². The van der Waals surface area contributed by atoms with Crippen molar-refractivity contribution >= 4 is 33.6 Å². The van der Waals surface area contributed by atoms with Gasteiger partial charge in [-0.1, -0.05) is 54.6 Å². The summed E-state index contributed by atoms with van der Waals surface area (Å²) in [6.45, 7) is 3.96. The van der Waals surface area contributed by atoms with Crippen molar-refractivity contribution in [3.05, 3.63) is 132 Å². The van der Waals surface area contributed by atoms with Crippen LogP contribution in [0.5, 0.6) is 0 Å². The van der Waals surface area contributed by atoms with Crippen LogP contribution in [-0.2, 0) is 0 Å². The first kappa shape index (κ1) is 26.0. The van der Waals surface area contributed by atoms with Crippen LogP contribution >= 0.6 is 0 Å². The molecule has 4 aromatic carbocycles. The molecule has 0 bridgehead atoms. The van der Waals surface area contributed by atoms with Crippen LogP contribution in [0.15, 0.2) is 110 Å². The van der Waals surface area contributed by atoms with E-state index in [4.69, 9.17) is 5.10 Å². The third kappa shape index (κ3) is 5.05. The van der Waals surface area contributed by atoms with Gasteiger partial charge < -0.3 is 10.4 Å². The number of carboxylic acids is 1. The van der Waals surface area contributed by atoms with E-state index in [2.05, 4.69) is 41.5 Å². The summed E-state index contributed by atoms with van der Waals surface area (Å²) >= 11 is 0. The van der Waals surface area contributed by atoms with Crippen LogP contribution in [0.2, 0.25) is 0 Å². The normalized spacial score (nSPS) is 12.7. The Kier molecular flexibility index (Phi) is 6.77. The molecule has 0 saturated heterocycles. The Balaban J connectivity index is 1.42. The minimum atomic E-state index is -0.988. The number of pyridine rings is 1. The van der Waals surface area contributed by atoms with Gasteiger partial charge in [0.1, 0.15) is 0 Å². The maximum Gasteiger partial charge on any atom is 0.335 e. The number of nitrogens with one attached hydrogen (secondary N) is 1. The fourth-order valence-corrected chi connectivity index (χ4v) is 5.23. The van der Waals surface area contributed by atoms with E-state index in [0.29, 0.717) is 5.56 Å². The second kappa shape index (κ2) is 10.7. The first-order chi connectivity index (χ1) is 19.9. The van der Waals surface area contributed by atoms with Crippen LogP contribution in [0.3, 0.4) is 0 Å². The largest absolute Gasteiger partial charge is 0.478 e. The molecule has 2 heterocycles. The van der Waals surface area contributed by atoms with Gasteiger partial charge in [-0.05, 0) is 77.9 Å². The summed E-state index contributed by atoms with van der Waals surface area (Å²) in [6.07, 6.45) is 5.44. The highest BCUT2D eigenvalue weighted by atomic mass is 16.4. The molecule has 2 atom stereocenters. The average Bonchev–Trinajstić information content (AvgIpc) is 3.44. The zero-order valence-electron chi connectivity index (χ0n) is 22.7. The summed E-state index contributed by atoms with van der Waals surface area (Å²) in [4.78, 5) is 29.5. The lowest BCUT2D eigenvalue weighted by molar-refractivity contribution is 0.0696. The summed E-state index contributed by atoms with van der Waals surface area (Å²) in [5, 5.41) is 20.1. The average molecular weight is 541 g/mol. The molecule has 0 unspecified atom stereocenters. The van der Waals surface area contributed by atoms with Crippen molar-refractivity contribution in [2.75, 3.05) is 0 Å². The Morgan fingerprint density at radius 2 is 1.54 bits per heavy atom. The molecule has 202 valence electrons. The fourth-order valence-electron chi connectivity index (χ4n) is 5.23. The van der Waals surface area contributed by atoms with Crippen molar-refractivity contribution < 1.29 is 14.7 Å². The first-order valence-corrected chi connectivity index (χ1v) is 13.4. The van der Waals surface area contributed by atoms with Gasteiger partial charge in [-0.25, -0.2) is 4.79 Å². The predicted molar refractivity (Wildman–Crippen MR) is 160 cm³/mol. The van der Waals surface area contributed by atoms with Crippen molar-refractivity contribution in [2.24, 2.45) is 0 Å². The topological polar surface area (TPSA) is 97.1 Å². The number of aromatic carboxylic acids is 1. The maximum atomic E-state index is 13.9. The number of amides is 1. The summed E-state index contributed by atoms with van der Waals surface area (Å²) in [6, 6.07) is 28.2. The second-order valence-corrected chi connectivity index (χ2v) is 10.2. The molecule has 0 fully saturated rings. The molecule has 7 nitrogen and oxygen atoms in total. The zero-order chi connectivity index (χ0) is 28.5. The summed E-state index contributed by atoms with van der Waals surface area (Å²) < 4.78 is 1.91. The van der Waals surface area contributed by atoms with Crippen LogP contribution < -0.4 is 5.32 Å². The van der Waals surface area contributed by atoms with Gasteiger partial charge >= 0.3 is 5.97 Å². The molecular formula is C34H28N4O3. The molecule has 0 aliphatic rings. The highest BCUT2D eigenvalue weighted by Gasteiger charge is 2.22. The predicted octanol–water partition coefficient (Wildman–Crippen LogP) is 7.05. The smallest absolute Gasteiger partial charge is 0.335 e. The number of nitrogens with zero attached hydrogens (tertiary/aromatic N) is 3. The van der Waals surface area contributed by atoms with Gasteiger partial charge in [0.05, 0.1) is 34.9 Å². The second-order valence-electron chi connectivity index (χ2n) is 10.2. The lowest BCUT2D eigenvalue weighted by Crippen LogP contribution is -2.27. The summed E-state index contributed by atoms with van der Waals surface area (Å²) in [5.74, 6) is -1.22. The molecule has 0 saturated carbocycles. The van der Waals surface area contributed by atoms with Gasteiger partial charge in [-0.3, -0.25) is 14.5 Å². The van der Waals surface area contributed by atoms with Crippen LogP contribution in [0.4, 0.5) is 0 Å². The third-order valence-electron chi connectivity index (χ3n) is 7.56. The Bertz CT molecular complexity index is 1900. The number of rotatable bonds is 7. The number of carbonyl (C=O) groups excluding carboxylic acids is 1. The molecule has 0 radical (unpaired) electrons. The van der Waals surface area contributed by atoms with Gasteiger partial charge in [-0.15, -0.1) is 0 Å². The molecule has 1 amide bonds. The van der Waals surface area contributed by atoms with Gasteiger partial charge in [0.2, 0.25) is 0 Å².